The first-order valence-electron chi connectivity index (χ1n) is 4.83. The predicted octanol–water partition coefficient (Wildman–Crippen LogP) is 0.171. The largest absolute Gasteiger partial charge is 0.444 e. The molecule has 0 unspecified atom stereocenters. The van der Waals surface area contributed by atoms with E-state index in [4.69, 9.17) is 4.74 Å². The van der Waals surface area contributed by atoms with Gasteiger partial charge < -0.3 is 20.3 Å². The van der Waals surface area contributed by atoms with E-state index >= 15 is 0 Å². The van der Waals surface area contributed by atoms with Crippen LogP contribution >= 0.6 is 0 Å². The molecule has 0 bridgehead atoms. The van der Waals surface area contributed by atoms with Gasteiger partial charge in [-0.3, -0.25) is 0 Å². The summed E-state index contributed by atoms with van der Waals surface area (Å²) in [6.45, 7) is 5.23. The minimum Gasteiger partial charge on any atom is -0.444 e. The van der Waals surface area contributed by atoms with Gasteiger partial charge in [-0.15, -0.1) is 0 Å². The summed E-state index contributed by atoms with van der Waals surface area (Å²) in [5.41, 5.74) is -0.591. The lowest BCUT2D eigenvalue weighted by Crippen LogP contribution is -2.48. The monoisotopic (exact) mass is 215 g/mol. The van der Waals surface area contributed by atoms with E-state index in [1.165, 1.54) is 12.2 Å². The highest BCUT2D eigenvalue weighted by Crippen LogP contribution is 2.13. The molecule has 86 valence electrons. The van der Waals surface area contributed by atoms with Crippen LogP contribution in [0, 0.1) is 0 Å². The smallest absolute Gasteiger partial charge is 0.408 e. The van der Waals surface area contributed by atoms with Crippen LogP contribution in [0.3, 0.4) is 0 Å². The molecule has 0 radical (unpaired) electrons. The SMILES string of the molecule is CC(C)(C)OC(=O)NC1[C@H](O)C=C[C@H]1O. The molecule has 1 aliphatic rings. The quantitative estimate of drug-likeness (QED) is 0.545. The Morgan fingerprint density at radius 3 is 2.13 bits per heavy atom. The van der Waals surface area contributed by atoms with Gasteiger partial charge in [-0.2, -0.15) is 0 Å². The molecule has 15 heavy (non-hydrogen) atoms. The second-order valence-electron chi connectivity index (χ2n) is 4.54. The van der Waals surface area contributed by atoms with Crippen LogP contribution in [0.25, 0.3) is 0 Å². The normalized spacial score (nSPS) is 26.7. The van der Waals surface area contributed by atoms with E-state index in [9.17, 15) is 15.0 Å². The number of alkyl carbamates (subject to hydrolysis) is 1. The Balaban J connectivity index is 2.45. The minimum atomic E-state index is -0.868. The van der Waals surface area contributed by atoms with Crippen molar-refractivity contribution in [2.24, 2.45) is 0 Å². The van der Waals surface area contributed by atoms with E-state index in [1.54, 1.807) is 20.8 Å². The van der Waals surface area contributed by atoms with Crippen molar-refractivity contribution in [1.29, 1.82) is 0 Å². The van der Waals surface area contributed by atoms with Gasteiger partial charge in [0.15, 0.2) is 0 Å². The Labute approximate surface area is 88.7 Å². The third kappa shape index (κ3) is 3.53. The Morgan fingerprint density at radius 2 is 1.73 bits per heavy atom. The molecular weight excluding hydrogens is 198 g/mol. The molecule has 3 N–H and O–H groups in total. The number of ether oxygens (including phenoxy) is 1. The lowest BCUT2D eigenvalue weighted by molar-refractivity contribution is 0.0372. The first-order chi connectivity index (χ1) is 6.79. The highest BCUT2D eigenvalue weighted by Gasteiger charge is 2.31. The van der Waals surface area contributed by atoms with Crippen LogP contribution in [0.15, 0.2) is 12.2 Å². The Bertz CT molecular complexity index is 257. The van der Waals surface area contributed by atoms with Crippen molar-refractivity contribution in [2.75, 3.05) is 0 Å². The number of rotatable bonds is 1. The first kappa shape index (κ1) is 12.0. The topological polar surface area (TPSA) is 78.8 Å². The fourth-order valence-corrected chi connectivity index (χ4v) is 1.28. The van der Waals surface area contributed by atoms with Crippen LogP contribution in [0.5, 0.6) is 0 Å². The maximum Gasteiger partial charge on any atom is 0.408 e. The van der Waals surface area contributed by atoms with Crippen LogP contribution < -0.4 is 5.32 Å². The predicted molar refractivity (Wildman–Crippen MR) is 54.3 cm³/mol. The van der Waals surface area contributed by atoms with Crippen molar-refractivity contribution in [3.05, 3.63) is 12.2 Å². The van der Waals surface area contributed by atoms with Crippen molar-refractivity contribution >= 4 is 6.09 Å². The van der Waals surface area contributed by atoms with Gasteiger partial charge >= 0.3 is 6.09 Å². The number of hydrogen-bond acceptors (Lipinski definition) is 4. The maximum absolute atomic E-state index is 11.3. The third-order valence-corrected chi connectivity index (χ3v) is 1.92. The van der Waals surface area contributed by atoms with Crippen LogP contribution in [0.4, 0.5) is 4.79 Å². The Kier molecular flexibility index (Phi) is 3.36. The molecule has 1 rings (SSSR count). The zero-order chi connectivity index (χ0) is 11.6. The molecule has 5 heteroatoms. The molecule has 0 aliphatic heterocycles. The zero-order valence-electron chi connectivity index (χ0n) is 9.10. The summed E-state index contributed by atoms with van der Waals surface area (Å²) in [6, 6.07) is -0.722. The maximum atomic E-state index is 11.3. The van der Waals surface area contributed by atoms with Crippen LogP contribution in [-0.4, -0.2) is 40.2 Å². The van der Waals surface area contributed by atoms with Crippen molar-refractivity contribution in [3.8, 4) is 0 Å². The highest BCUT2D eigenvalue weighted by molar-refractivity contribution is 5.68. The molecule has 1 amide bonds. The molecule has 0 heterocycles. The molecule has 0 aromatic heterocycles. The molecule has 5 nitrogen and oxygen atoms in total. The van der Waals surface area contributed by atoms with Crippen LogP contribution in [0.1, 0.15) is 20.8 Å². The summed E-state index contributed by atoms with van der Waals surface area (Å²) in [5.74, 6) is 0. The number of nitrogens with one attached hydrogen (secondary N) is 1. The number of carbonyl (C=O) groups is 1. The van der Waals surface area contributed by atoms with Crippen molar-refractivity contribution < 1.29 is 19.7 Å². The van der Waals surface area contributed by atoms with E-state index in [1.807, 2.05) is 0 Å². The van der Waals surface area contributed by atoms with E-state index in [0.29, 0.717) is 0 Å². The second kappa shape index (κ2) is 4.20. The standard InChI is InChI=1S/C10H17NO4/c1-10(2,3)15-9(14)11-8-6(12)4-5-7(8)13/h4-8,12-13H,1-3H3,(H,11,14)/t6-,7-/m1/s1. The van der Waals surface area contributed by atoms with Gasteiger partial charge in [0.25, 0.3) is 0 Å². The van der Waals surface area contributed by atoms with Crippen molar-refractivity contribution in [3.63, 3.8) is 0 Å². The zero-order valence-corrected chi connectivity index (χ0v) is 9.10. The average molecular weight is 215 g/mol. The summed E-state index contributed by atoms with van der Waals surface area (Å²) in [6.07, 6.45) is 0.494. The lowest BCUT2D eigenvalue weighted by atomic mass is 10.1. The molecule has 0 fully saturated rings. The van der Waals surface area contributed by atoms with Gasteiger partial charge in [-0.1, -0.05) is 12.2 Å². The fraction of sp³-hybridized carbons (Fsp3) is 0.700. The van der Waals surface area contributed by atoms with Crippen molar-refractivity contribution in [1.82, 2.24) is 5.32 Å². The van der Waals surface area contributed by atoms with E-state index in [0.717, 1.165) is 0 Å². The average Bonchev–Trinajstić information content (AvgIpc) is 2.32. The third-order valence-electron chi connectivity index (χ3n) is 1.92. The summed E-state index contributed by atoms with van der Waals surface area (Å²) >= 11 is 0. The summed E-state index contributed by atoms with van der Waals surface area (Å²) in [7, 11) is 0. The number of amides is 1. The van der Waals surface area contributed by atoms with Gasteiger partial charge in [0.2, 0.25) is 0 Å². The van der Waals surface area contributed by atoms with E-state index in [-0.39, 0.29) is 0 Å². The summed E-state index contributed by atoms with van der Waals surface area (Å²) in [5, 5.41) is 21.2. The second-order valence-corrected chi connectivity index (χ2v) is 4.54. The molecule has 0 aromatic carbocycles. The van der Waals surface area contributed by atoms with Gasteiger partial charge in [0.1, 0.15) is 5.60 Å². The molecule has 2 atom stereocenters. The fourth-order valence-electron chi connectivity index (χ4n) is 1.28. The van der Waals surface area contributed by atoms with E-state index in [2.05, 4.69) is 5.32 Å². The molecule has 0 aromatic rings. The van der Waals surface area contributed by atoms with Crippen LogP contribution in [0.2, 0.25) is 0 Å². The van der Waals surface area contributed by atoms with Gasteiger partial charge in [0, 0.05) is 0 Å². The summed E-state index contributed by atoms with van der Waals surface area (Å²) < 4.78 is 5.00. The van der Waals surface area contributed by atoms with E-state index < -0.39 is 29.9 Å². The highest BCUT2D eigenvalue weighted by atomic mass is 16.6. The molecule has 0 spiro atoms. The molecule has 0 saturated carbocycles. The molecular formula is C10H17NO4. The number of hydrogen-bond donors (Lipinski definition) is 3. The number of aliphatic hydroxyl groups excluding tert-OH is 2. The first-order valence-corrected chi connectivity index (χ1v) is 4.83. The summed E-state index contributed by atoms with van der Waals surface area (Å²) in [4.78, 5) is 11.3. The Morgan fingerprint density at radius 1 is 1.27 bits per heavy atom. The Hall–Kier alpha value is -1.07. The van der Waals surface area contributed by atoms with Gasteiger partial charge in [-0.25, -0.2) is 4.79 Å². The molecule has 0 saturated heterocycles. The molecule has 1 aliphatic carbocycles. The lowest BCUT2D eigenvalue weighted by Gasteiger charge is -2.24. The van der Waals surface area contributed by atoms with Gasteiger partial charge in [0.05, 0.1) is 18.2 Å². The minimum absolute atomic E-state index is 0.591. The van der Waals surface area contributed by atoms with Crippen LogP contribution in [-0.2, 0) is 4.74 Å². The van der Waals surface area contributed by atoms with Crippen molar-refractivity contribution in [2.45, 2.75) is 44.6 Å². The number of aliphatic hydroxyl groups is 2. The van der Waals surface area contributed by atoms with Gasteiger partial charge in [-0.05, 0) is 20.8 Å². The number of carbonyl (C=O) groups excluding carboxylic acids is 1.